The lowest BCUT2D eigenvalue weighted by atomic mass is 9.87. The fourth-order valence-corrected chi connectivity index (χ4v) is 7.69. The van der Waals surface area contributed by atoms with Crippen LogP contribution in [0.15, 0.2) is 59.8 Å². The minimum atomic E-state index is -3.79. The van der Waals surface area contributed by atoms with E-state index in [0.717, 1.165) is 35.9 Å². The van der Waals surface area contributed by atoms with Crippen LogP contribution in [-0.4, -0.2) is 78.2 Å². The summed E-state index contributed by atoms with van der Waals surface area (Å²) in [5.41, 5.74) is 10.6. The molecule has 0 radical (unpaired) electrons. The summed E-state index contributed by atoms with van der Waals surface area (Å²) >= 11 is 0. The van der Waals surface area contributed by atoms with Gasteiger partial charge in [-0.15, -0.1) is 5.10 Å². The number of amides is 2. The third kappa shape index (κ3) is 5.08. The Kier molecular flexibility index (Phi) is 6.84. The zero-order valence-corrected chi connectivity index (χ0v) is 25.3. The lowest BCUT2D eigenvalue weighted by molar-refractivity contribution is -0.114. The molecule has 0 spiro atoms. The van der Waals surface area contributed by atoms with E-state index >= 15 is 0 Å². The molecular weight excluding hydrogens is 596 g/mol. The van der Waals surface area contributed by atoms with Crippen LogP contribution in [0.5, 0.6) is 0 Å². The molecule has 2 amide bonds. The molecule has 3 atom stereocenters. The molecule has 1 unspecified atom stereocenters. The molecule has 6 heterocycles. The van der Waals surface area contributed by atoms with Gasteiger partial charge in [-0.25, -0.2) is 13.4 Å². The van der Waals surface area contributed by atoms with Crippen LogP contribution in [-0.2, 0) is 14.6 Å². The van der Waals surface area contributed by atoms with Crippen molar-refractivity contribution in [2.45, 2.75) is 55.5 Å². The Hall–Kier alpha value is -5.18. The third-order valence-electron chi connectivity index (χ3n) is 8.51. The smallest absolute Gasteiger partial charge is 0.291 e. The number of H-pyrrole nitrogens is 1. The van der Waals surface area contributed by atoms with E-state index in [2.05, 4.69) is 30.6 Å². The Morgan fingerprint density at radius 1 is 1.00 bits per heavy atom. The number of pyridine rings is 1. The first-order valence-electron chi connectivity index (χ1n) is 14.5. The standard InChI is InChI=1S/C30H30N10O4S/c1-16(41)34-30-36-27(37-38-30)29(42)39-20-9-10-21(39)13-19(12-20)24-25(45(2,43)44)26(31)40-28(35-24)22(15-33-40)18-8-11-23(32-14-18)17-6-4-3-5-7-17/h3-8,11,14-15,19-21H,9-10,12-13,31H2,1-2H3,(H2,34,36,37,38,41)/t19?,20-,21+. The molecule has 15 heteroatoms. The second-order valence-corrected chi connectivity index (χ2v) is 13.5. The molecule has 2 aliphatic rings. The molecule has 45 heavy (non-hydrogen) atoms. The maximum absolute atomic E-state index is 13.5. The molecule has 0 aliphatic carbocycles. The molecule has 4 N–H and O–H groups in total. The van der Waals surface area contributed by atoms with Crippen LogP contribution in [0.3, 0.4) is 0 Å². The summed E-state index contributed by atoms with van der Waals surface area (Å²) in [6.45, 7) is 1.33. The van der Waals surface area contributed by atoms with E-state index in [9.17, 15) is 18.0 Å². The Labute approximate surface area is 258 Å². The van der Waals surface area contributed by atoms with Gasteiger partial charge in [-0.3, -0.25) is 25.0 Å². The predicted molar refractivity (Wildman–Crippen MR) is 165 cm³/mol. The average Bonchev–Trinajstić information content (AvgIpc) is 3.72. The van der Waals surface area contributed by atoms with Crippen molar-refractivity contribution >= 4 is 39.1 Å². The molecule has 7 rings (SSSR count). The number of carbonyl (C=O) groups excluding carboxylic acids is 2. The van der Waals surface area contributed by atoms with Crippen molar-refractivity contribution in [1.29, 1.82) is 0 Å². The van der Waals surface area contributed by atoms with Crippen LogP contribution in [0, 0.1) is 0 Å². The van der Waals surface area contributed by atoms with Crippen molar-refractivity contribution in [2.75, 3.05) is 17.3 Å². The van der Waals surface area contributed by atoms with E-state index in [1.807, 2.05) is 42.5 Å². The topological polar surface area (TPSA) is 194 Å². The van der Waals surface area contributed by atoms with Crippen LogP contribution >= 0.6 is 0 Å². The number of hydrogen-bond acceptors (Lipinski definition) is 10. The lowest BCUT2D eigenvalue weighted by Gasteiger charge is -2.38. The van der Waals surface area contributed by atoms with Crippen LogP contribution in [0.1, 0.15) is 54.8 Å². The number of fused-ring (bicyclic) bond motifs is 3. The normalized spacial score (nSPS) is 19.6. The van der Waals surface area contributed by atoms with Crippen LogP contribution in [0.25, 0.3) is 28.0 Å². The minimum Gasteiger partial charge on any atom is -0.382 e. The fourth-order valence-electron chi connectivity index (χ4n) is 6.64. The second kappa shape index (κ2) is 10.8. The van der Waals surface area contributed by atoms with E-state index in [1.54, 1.807) is 17.3 Å². The summed E-state index contributed by atoms with van der Waals surface area (Å²) in [7, 11) is -3.79. The van der Waals surface area contributed by atoms with E-state index in [0.29, 0.717) is 29.7 Å². The van der Waals surface area contributed by atoms with Crippen molar-refractivity contribution < 1.29 is 18.0 Å². The number of nitrogens with two attached hydrogens (primary N) is 1. The van der Waals surface area contributed by atoms with Crippen molar-refractivity contribution in [3.05, 3.63) is 66.4 Å². The summed E-state index contributed by atoms with van der Waals surface area (Å²) in [5, 5.41) is 13.4. The first-order valence-corrected chi connectivity index (χ1v) is 16.4. The monoisotopic (exact) mass is 626 g/mol. The van der Waals surface area contributed by atoms with Crippen molar-refractivity contribution in [2.24, 2.45) is 0 Å². The zero-order valence-electron chi connectivity index (χ0n) is 24.5. The number of hydrogen-bond donors (Lipinski definition) is 3. The summed E-state index contributed by atoms with van der Waals surface area (Å²) in [6, 6.07) is 13.3. The third-order valence-corrected chi connectivity index (χ3v) is 9.67. The van der Waals surface area contributed by atoms with Crippen LogP contribution in [0.2, 0.25) is 0 Å². The highest BCUT2D eigenvalue weighted by molar-refractivity contribution is 7.91. The first-order chi connectivity index (χ1) is 21.6. The summed E-state index contributed by atoms with van der Waals surface area (Å²) in [5.74, 6) is -0.877. The van der Waals surface area contributed by atoms with Gasteiger partial charge in [0.15, 0.2) is 15.5 Å². The quantitative estimate of drug-likeness (QED) is 0.252. The summed E-state index contributed by atoms with van der Waals surface area (Å²) < 4.78 is 27.6. The molecule has 14 nitrogen and oxygen atoms in total. The molecule has 2 fully saturated rings. The number of carbonyl (C=O) groups is 2. The molecular formula is C30H30N10O4S. The highest BCUT2D eigenvalue weighted by Crippen LogP contribution is 2.45. The molecule has 5 aromatic rings. The number of nitrogens with one attached hydrogen (secondary N) is 2. The number of aromatic nitrogens is 7. The number of piperidine rings is 1. The van der Waals surface area contributed by atoms with Crippen LogP contribution in [0.4, 0.5) is 11.8 Å². The van der Waals surface area contributed by atoms with Crippen molar-refractivity contribution in [3.63, 3.8) is 0 Å². The Balaban J connectivity index is 1.23. The number of benzene rings is 1. The summed E-state index contributed by atoms with van der Waals surface area (Å²) in [4.78, 5) is 40.3. The molecule has 2 bridgehead atoms. The van der Waals surface area contributed by atoms with Crippen LogP contribution < -0.4 is 11.1 Å². The lowest BCUT2D eigenvalue weighted by Crippen LogP contribution is -2.46. The Bertz CT molecular complexity index is 2040. The first kappa shape index (κ1) is 28.6. The zero-order chi connectivity index (χ0) is 31.5. The second-order valence-electron chi connectivity index (χ2n) is 11.5. The maximum Gasteiger partial charge on any atom is 0.291 e. The number of sulfone groups is 1. The maximum atomic E-state index is 13.5. The van der Waals surface area contributed by atoms with E-state index in [1.165, 1.54) is 11.4 Å². The number of aromatic amines is 1. The van der Waals surface area contributed by atoms with Gasteiger partial charge in [-0.2, -0.15) is 14.6 Å². The molecule has 1 aromatic carbocycles. The summed E-state index contributed by atoms with van der Waals surface area (Å²) in [6.07, 6.45) is 6.98. The van der Waals surface area contributed by atoms with Gasteiger partial charge in [0.25, 0.3) is 5.91 Å². The largest absolute Gasteiger partial charge is 0.382 e. The van der Waals surface area contributed by atoms with Gasteiger partial charge in [-0.1, -0.05) is 36.4 Å². The SMILES string of the molecule is CC(=O)Nc1n[nH]c(C(=O)N2[C@@H]3CC[C@H]2CC(c2nc4c(-c5ccc(-c6ccccc6)nc5)cnn4c(N)c2S(C)(=O)=O)C3)n1. The number of rotatable bonds is 6. The average molecular weight is 627 g/mol. The van der Waals surface area contributed by atoms with Gasteiger partial charge in [0.05, 0.1) is 17.6 Å². The molecule has 2 saturated heterocycles. The fraction of sp³-hybridized carbons (Fsp3) is 0.300. The van der Waals surface area contributed by atoms with Gasteiger partial charge < -0.3 is 10.6 Å². The van der Waals surface area contributed by atoms with Gasteiger partial charge in [-0.05, 0) is 31.7 Å². The van der Waals surface area contributed by atoms with Gasteiger partial charge in [0.1, 0.15) is 10.7 Å². The number of nitrogens with zero attached hydrogens (tertiary/aromatic N) is 7. The highest BCUT2D eigenvalue weighted by Gasteiger charge is 2.46. The van der Waals surface area contributed by atoms with Gasteiger partial charge >= 0.3 is 0 Å². The van der Waals surface area contributed by atoms with Gasteiger partial charge in [0.2, 0.25) is 17.7 Å². The highest BCUT2D eigenvalue weighted by atomic mass is 32.2. The van der Waals surface area contributed by atoms with E-state index in [-0.39, 0.29) is 52.3 Å². The molecule has 4 aromatic heterocycles. The van der Waals surface area contributed by atoms with E-state index < -0.39 is 9.84 Å². The van der Waals surface area contributed by atoms with Crippen molar-refractivity contribution in [3.8, 4) is 22.4 Å². The predicted octanol–water partition coefficient (Wildman–Crippen LogP) is 3.07. The van der Waals surface area contributed by atoms with Crippen molar-refractivity contribution in [1.82, 2.24) is 39.7 Å². The molecule has 2 aliphatic heterocycles. The van der Waals surface area contributed by atoms with E-state index in [4.69, 9.17) is 10.7 Å². The Morgan fingerprint density at radius 3 is 2.38 bits per heavy atom. The number of nitrogen functional groups attached to an aromatic ring is 1. The minimum absolute atomic E-state index is 0.00405. The molecule has 0 saturated carbocycles. The van der Waals surface area contributed by atoms with Gasteiger partial charge in [0, 0.05) is 54.1 Å². The Morgan fingerprint density at radius 2 is 1.73 bits per heavy atom. The number of anilines is 2. The molecule has 230 valence electrons.